The summed E-state index contributed by atoms with van der Waals surface area (Å²) in [4.78, 5) is 29.9. The molecule has 3 aliphatic rings. The monoisotopic (exact) mass is 584 g/mol. The number of rotatable bonds is 11. The number of amides is 1. The molecule has 4 atom stereocenters. The molecule has 1 amide bonds. The zero-order valence-electron chi connectivity index (χ0n) is 25.0. The van der Waals surface area contributed by atoms with Gasteiger partial charge in [0, 0.05) is 63.8 Å². The second-order valence-corrected chi connectivity index (χ2v) is 12.2. The van der Waals surface area contributed by atoms with Crippen LogP contribution in [-0.4, -0.2) is 84.8 Å². The minimum absolute atomic E-state index is 0.118. The lowest BCUT2D eigenvalue weighted by atomic mass is 9.88. The van der Waals surface area contributed by atoms with Crippen LogP contribution in [0.15, 0.2) is 36.5 Å². The van der Waals surface area contributed by atoms with Gasteiger partial charge in [-0.3, -0.25) is 9.69 Å². The Morgan fingerprint density at radius 3 is 2.74 bits per heavy atom. The summed E-state index contributed by atoms with van der Waals surface area (Å²) in [6.07, 6.45) is 6.64. The number of methoxy groups -OCH3 is 1. The molecule has 0 unspecified atom stereocenters. The van der Waals surface area contributed by atoms with Crippen molar-refractivity contribution in [3.05, 3.63) is 42.1 Å². The molecule has 43 heavy (non-hydrogen) atoms. The van der Waals surface area contributed by atoms with Gasteiger partial charge in [0.15, 0.2) is 5.65 Å². The number of allylic oxidation sites excluding steroid dienone is 1. The Bertz CT molecular complexity index is 1550. The molecule has 1 saturated carbocycles. The number of carbonyl (C=O) groups is 1. The lowest BCUT2D eigenvalue weighted by Crippen LogP contribution is -2.47. The number of anilines is 2. The topological polar surface area (TPSA) is 145 Å². The molecule has 2 bridgehead atoms. The summed E-state index contributed by atoms with van der Waals surface area (Å²) in [7, 11) is 1.74. The molecule has 1 saturated heterocycles. The number of nitrogens with two attached hydrogens (primary N) is 1. The second kappa shape index (κ2) is 12.2. The molecule has 0 radical (unpaired) electrons. The van der Waals surface area contributed by atoms with E-state index in [2.05, 4.69) is 69.3 Å². The third-order valence-electron chi connectivity index (χ3n) is 8.88. The van der Waals surface area contributed by atoms with Crippen molar-refractivity contribution in [1.82, 2.24) is 19.9 Å². The van der Waals surface area contributed by atoms with Crippen LogP contribution in [0.3, 0.4) is 0 Å². The molecule has 2 fully saturated rings. The Hall–Kier alpha value is -4.14. The third-order valence-corrected chi connectivity index (χ3v) is 8.88. The highest BCUT2D eigenvalue weighted by molar-refractivity contribution is 5.92. The van der Waals surface area contributed by atoms with Gasteiger partial charge in [-0.25, -0.2) is 9.97 Å². The number of ether oxygens (including phenoxy) is 2. The predicted molar refractivity (Wildman–Crippen MR) is 166 cm³/mol. The Morgan fingerprint density at radius 2 is 2.02 bits per heavy atom. The molecule has 11 nitrogen and oxygen atoms in total. The number of H-pyrrole nitrogens is 1. The zero-order valence-corrected chi connectivity index (χ0v) is 25.0. The van der Waals surface area contributed by atoms with Crippen molar-refractivity contribution in [2.24, 2.45) is 29.4 Å². The van der Waals surface area contributed by atoms with E-state index in [4.69, 9.17) is 20.2 Å². The van der Waals surface area contributed by atoms with Crippen molar-refractivity contribution in [3.63, 3.8) is 0 Å². The van der Waals surface area contributed by atoms with Crippen LogP contribution < -0.4 is 20.7 Å². The summed E-state index contributed by atoms with van der Waals surface area (Å²) in [5.74, 6) is 1.33. The van der Waals surface area contributed by atoms with Crippen LogP contribution >= 0.6 is 0 Å². The van der Waals surface area contributed by atoms with Crippen molar-refractivity contribution < 1.29 is 14.3 Å². The number of hydrogen-bond acceptors (Lipinski definition) is 9. The Labute approximate surface area is 252 Å². The van der Waals surface area contributed by atoms with Gasteiger partial charge in [0.2, 0.25) is 5.91 Å². The van der Waals surface area contributed by atoms with E-state index >= 15 is 0 Å². The van der Waals surface area contributed by atoms with Crippen molar-refractivity contribution in [1.29, 1.82) is 5.26 Å². The number of primary amides is 1. The first-order valence-electron chi connectivity index (χ1n) is 15.1. The fraction of sp³-hybridized carbons (Fsp3) is 0.500. The van der Waals surface area contributed by atoms with E-state index in [0.29, 0.717) is 40.8 Å². The summed E-state index contributed by atoms with van der Waals surface area (Å²) < 4.78 is 11.6. The number of aromatic amines is 1. The summed E-state index contributed by atoms with van der Waals surface area (Å²) in [6.45, 7) is 10.3. The summed E-state index contributed by atoms with van der Waals surface area (Å²) in [6, 6.07) is 8.31. The van der Waals surface area contributed by atoms with Gasteiger partial charge in [-0.05, 0) is 36.3 Å². The average Bonchev–Trinajstić information content (AvgIpc) is 3.74. The lowest BCUT2D eigenvalue weighted by molar-refractivity contribution is -0.122. The number of nitrogens with one attached hydrogen (secondary N) is 2. The quantitative estimate of drug-likeness (QED) is 0.289. The number of nitrogens with zero attached hydrogens (tertiary/aromatic N) is 5. The van der Waals surface area contributed by atoms with E-state index in [1.165, 1.54) is 6.20 Å². The van der Waals surface area contributed by atoms with E-state index in [0.717, 1.165) is 62.8 Å². The molecule has 1 aromatic carbocycles. The van der Waals surface area contributed by atoms with Crippen LogP contribution in [0, 0.1) is 35.0 Å². The molecule has 11 heteroatoms. The molecule has 2 aromatic heterocycles. The van der Waals surface area contributed by atoms with Gasteiger partial charge in [-0.15, -0.1) is 0 Å². The zero-order chi connectivity index (χ0) is 30.1. The second-order valence-electron chi connectivity index (χ2n) is 12.2. The highest BCUT2D eigenvalue weighted by Crippen LogP contribution is 2.46. The van der Waals surface area contributed by atoms with Gasteiger partial charge in [-0.2, -0.15) is 5.26 Å². The largest absolute Gasteiger partial charge is 0.492 e. The average molecular weight is 585 g/mol. The van der Waals surface area contributed by atoms with E-state index in [-0.39, 0.29) is 29.7 Å². The maximum atomic E-state index is 12.4. The molecular weight excluding hydrogens is 544 g/mol. The predicted octanol–water partition coefficient (Wildman–Crippen LogP) is 3.39. The number of pyridine rings is 1. The molecule has 2 aliphatic carbocycles. The summed E-state index contributed by atoms with van der Waals surface area (Å²) >= 11 is 0. The van der Waals surface area contributed by atoms with Crippen molar-refractivity contribution in [2.75, 3.05) is 63.3 Å². The minimum atomic E-state index is -0.336. The number of piperazine rings is 1. The van der Waals surface area contributed by atoms with Crippen LogP contribution in [0.25, 0.3) is 22.6 Å². The molecular formula is C32H40N8O3. The number of hydrogen-bond donors (Lipinski definition) is 3. The van der Waals surface area contributed by atoms with Gasteiger partial charge < -0.3 is 30.4 Å². The number of benzene rings is 1. The highest BCUT2D eigenvalue weighted by Gasteiger charge is 2.47. The number of aromatic nitrogens is 3. The van der Waals surface area contributed by atoms with Gasteiger partial charge in [-0.1, -0.05) is 26.0 Å². The number of carbonyl (C=O) groups excluding carboxylic acids is 1. The molecule has 0 spiro atoms. The molecule has 226 valence electrons. The number of nitriles is 1. The van der Waals surface area contributed by atoms with Gasteiger partial charge in [0.1, 0.15) is 23.2 Å². The van der Waals surface area contributed by atoms with E-state index in [1.807, 2.05) is 6.07 Å². The van der Waals surface area contributed by atoms with Crippen LogP contribution in [0.2, 0.25) is 0 Å². The van der Waals surface area contributed by atoms with Gasteiger partial charge in [0.05, 0.1) is 35.9 Å². The third kappa shape index (κ3) is 5.77. The lowest BCUT2D eigenvalue weighted by Gasteiger charge is -2.36. The van der Waals surface area contributed by atoms with E-state index in [9.17, 15) is 10.1 Å². The van der Waals surface area contributed by atoms with Crippen LogP contribution in [0.1, 0.15) is 25.8 Å². The number of fused-ring (bicyclic) bond motifs is 3. The van der Waals surface area contributed by atoms with Gasteiger partial charge >= 0.3 is 0 Å². The van der Waals surface area contributed by atoms with Crippen LogP contribution in [0.5, 0.6) is 5.75 Å². The normalized spacial score (nSPS) is 23.3. The summed E-state index contributed by atoms with van der Waals surface area (Å²) in [5.41, 5.74) is 9.83. The van der Waals surface area contributed by atoms with Crippen molar-refractivity contribution in [3.8, 4) is 23.2 Å². The fourth-order valence-corrected chi connectivity index (χ4v) is 6.62. The standard InChI is InChI=1S/C32H40N8O3/c1-19(2)18-43-25-15-23(40-10-8-39(9-11-40)12-13-42-3)6-7-24(25)31-37-29-28(22(16-33)17-35-32(29)38-31)36-27-21-5-4-20(14-21)26(27)30(34)41/h4-7,15,17,19-21,26-27H,8-14,18H2,1-3H3,(H2,34,41)(H2,35,36,37,38)/t20-,21+,26+,27-/m1/s1. The van der Waals surface area contributed by atoms with Crippen LogP contribution in [0.4, 0.5) is 11.4 Å². The molecule has 1 aliphatic heterocycles. The minimum Gasteiger partial charge on any atom is -0.492 e. The Kier molecular flexibility index (Phi) is 8.23. The van der Waals surface area contributed by atoms with Crippen molar-refractivity contribution in [2.45, 2.75) is 26.3 Å². The summed E-state index contributed by atoms with van der Waals surface area (Å²) in [5, 5.41) is 13.5. The SMILES string of the molecule is COCCN1CCN(c2ccc(-c3nc4ncc(C#N)c(N[C@H]5[C@@H](C(N)=O)[C@@H]6C=C[C@H]5C6)c4[nH]3)c(OCC(C)C)c2)CC1. The highest BCUT2D eigenvalue weighted by atomic mass is 16.5. The smallest absolute Gasteiger partial charge is 0.223 e. The first-order chi connectivity index (χ1) is 20.9. The molecule has 6 rings (SSSR count). The van der Waals surface area contributed by atoms with E-state index < -0.39 is 0 Å². The molecule has 3 heterocycles. The van der Waals surface area contributed by atoms with E-state index in [1.54, 1.807) is 7.11 Å². The maximum absolute atomic E-state index is 12.4. The maximum Gasteiger partial charge on any atom is 0.223 e. The van der Waals surface area contributed by atoms with Crippen molar-refractivity contribution >= 4 is 28.4 Å². The first-order valence-corrected chi connectivity index (χ1v) is 15.1. The fourth-order valence-electron chi connectivity index (χ4n) is 6.62. The molecule has 3 aromatic rings. The van der Waals surface area contributed by atoms with Gasteiger partial charge in [0.25, 0.3) is 0 Å². The number of imidazole rings is 1. The Balaban J connectivity index is 1.32. The first kappa shape index (κ1) is 29.0. The Morgan fingerprint density at radius 1 is 1.23 bits per heavy atom. The molecule has 4 N–H and O–H groups in total. The van der Waals surface area contributed by atoms with Crippen LogP contribution in [-0.2, 0) is 9.53 Å².